The van der Waals surface area contributed by atoms with Crippen LogP contribution in [0.15, 0.2) is 30.3 Å². The quantitative estimate of drug-likeness (QED) is 0.575. The van der Waals surface area contributed by atoms with Gasteiger partial charge in [-0.3, -0.25) is 0 Å². The molecule has 0 aliphatic carbocycles. The smallest absolute Gasteiger partial charge is 0.354 e. The van der Waals surface area contributed by atoms with E-state index in [0.717, 1.165) is 0 Å². The number of hydrogen-bond acceptors (Lipinski definition) is 5. The fraction of sp³-hybridized carbons (Fsp3) is 0.333. The first-order chi connectivity index (χ1) is 8.13. The molecule has 0 heterocycles. The van der Waals surface area contributed by atoms with Crippen LogP contribution in [0.2, 0.25) is 0 Å². The Morgan fingerprint density at radius 3 is 1.76 bits per heavy atom. The Morgan fingerprint density at radius 1 is 0.941 bits per heavy atom. The van der Waals surface area contributed by atoms with Gasteiger partial charge in [0.1, 0.15) is 0 Å². The van der Waals surface area contributed by atoms with Gasteiger partial charge in [0, 0.05) is 12.7 Å². The van der Waals surface area contributed by atoms with Gasteiger partial charge in [0.2, 0.25) is 0 Å². The minimum Gasteiger partial charge on any atom is -0.466 e. The molecule has 0 aromatic heterocycles. The molecule has 0 bridgehead atoms. The Balaban J connectivity index is 3.36. The highest BCUT2D eigenvalue weighted by molar-refractivity contribution is 6.04. The van der Waals surface area contributed by atoms with Crippen LogP contribution in [-0.2, 0) is 29.4 Å². The average Bonchev–Trinajstić information content (AvgIpc) is 2.40. The lowest BCUT2D eigenvalue weighted by atomic mass is 9.93. The third-order valence-electron chi connectivity index (χ3n) is 2.43. The van der Waals surface area contributed by atoms with Crippen LogP contribution in [-0.4, -0.2) is 33.3 Å². The highest BCUT2D eigenvalue weighted by atomic mass is 16.6. The van der Waals surface area contributed by atoms with Crippen LogP contribution in [0.3, 0.4) is 0 Å². The van der Waals surface area contributed by atoms with E-state index >= 15 is 0 Å². The van der Waals surface area contributed by atoms with Crippen molar-refractivity contribution < 1.29 is 23.8 Å². The molecule has 0 N–H and O–H groups in total. The first-order valence-corrected chi connectivity index (χ1v) is 4.91. The molecule has 0 saturated carbocycles. The fourth-order valence-electron chi connectivity index (χ4n) is 1.56. The number of carbonyl (C=O) groups excluding carboxylic acids is 2. The molecule has 0 aliphatic heterocycles. The fourth-order valence-corrected chi connectivity index (χ4v) is 1.56. The normalized spacial score (nSPS) is 10.8. The second kappa shape index (κ2) is 5.45. The molecule has 1 aromatic rings. The van der Waals surface area contributed by atoms with Crippen molar-refractivity contribution in [2.45, 2.75) is 5.60 Å². The Labute approximate surface area is 99.3 Å². The van der Waals surface area contributed by atoms with Crippen molar-refractivity contribution in [3.63, 3.8) is 0 Å². The molecule has 1 rings (SSSR count). The predicted molar refractivity (Wildman–Crippen MR) is 59.2 cm³/mol. The summed E-state index contributed by atoms with van der Waals surface area (Å²) in [7, 11) is 3.62. The molecule has 0 unspecified atom stereocenters. The lowest BCUT2D eigenvalue weighted by molar-refractivity contribution is -0.186. The lowest BCUT2D eigenvalue weighted by Gasteiger charge is -2.26. The maximum atomic E-state index is 11.8. The molecular formula is C12H14O5. The number of rotatable bonds is 4. The van der Waals surface area contributed by atoms with Crippen molar-refractivity contribution in [3.8, 4) is 0 Å². The van der Waals surface area contributed by atoms with Crippen LogP contribution in [0.4, 0.5) is 0 Å². The van der Waals surface area contributed by atoms with Crippen molar-refractivity contribution in [2.24, 2.45) is 0 Å². The number of methoxy groups -OCH3 is 3. The molecule has 0 saturated heterocycles. The zero-order chi connectivity index (χ0) is 12.9. The first-order valence-electron chi connectivity index (χ1n) is 4.91. The van der Waals surface area contributed by atoms with Gasteiger partial charge in [-0.25, -0.2) is 9.59 Å². The number of esters is 2. The van der Waals surface area contributed by atoms with E-state index in [4.69, 9.17) is 4.74 Å². The second-order valence-corrected chi connectivity index (χ2v) is 3.23. The number of benzene rings is 1. The molecule has 5 heteroatoms. The topological polar surface area (TPSA) is 61.8 Å². The summed E-state index contributed by atoms with van der Waals surface area (Å²) in [6, 6.07) is 8.33. The van der Waals surface area contributed by atoms with Crippen molar-refractivity contribution in [3.05, 3.63) is 35.9 Å². The summed E-state index contributed by atoms with van der Waals surface area (Å²) in [5, 5.41) is 0. The van der Waals surface area contributed by atoms with Crippen LogP contribution in [0.1, 0.15) is 5.56 Å². The summed E-state index contributed by atoms with van der Waals surface area (Å²) < 4.78 is 14.3. The predicted octanol–water partition coefficient (Wildman–Crippen LogP) is 0.874. The highest BCUT2D eigenvalue weighted by Crippen LogP contribution is 2.28. The van der Waals surface area contributed by atoms with E-state index in [0.29, 0.717) is 5.56 Å². The van der Waals surface area contributed by atoms with Gasteiger partial charge in [-0.15, -0.1) is 0 Å². The Hall–Kier alpha value is -1.88. The van der Waals surface area contributed by atoms with Crippen molar-refractivity contribution >= 4 is 11.9 Å². The van der Waals surface area contributed by atoms with Crippen molar-refractivity contribution in [2.75, 3.05) is 21.3 Å². The van der Waals surface area contributed by atoms with Gasteiger partial charge in [0.05, 0.1) is 14.2 Å². The Kier molecular flexibility index (Phi) is 4.23. The standard InChI is InChI=1S/C12H14O5/c1-15-10(13)12(17-3,11(14)16-2)9-7-5-4-6-8-9/h4-8H,1-3H3. The maximum absolute atomic E-state index is 11.8. The van der Waals surface area contributed by atoms with Gasteiger partial charge in [0.25, 0.3) is 5.60 Å². The summed E-state index contributed by atoms with van der Waals surface area (Å²) in [5.41, 5.74) is -1.51. The van der Waals surface area contributed by atoms with E-state index < -0.39 is 17.5 Å². The Bertz CT molecular complexity index is 383. The van der Waals surface area contributed by atoms with Gasteiger partial charge in [-0.2, -0.15) is 0 Å². The summed E-state index contributed by atoms with van der Waals surface area (Å²) in [5.74, 6) is -1.64. The van der Waals surface area contributed by atoms with E-state index in [1.165, 1.54) is 21.3 Å². The number of carbonyl (C=O) groups is 2. The van der Waals surface area contributed by atoms with Crippen LogP contribution in [0.5, 0.6) is 0 Å². The monoisotopic (exact) mass is 238 g/mol. The highest BCUT2D eigenvalue weighted by Gasteiger charge is 2.51. The summed E-state index contributed by atoms with van der Waals surface area (Å²) in [6.45, 7) is 0. The summed E-state index contributed by atoms with van der Waals surface area (Å²) in [4.78, 5) is 23.6. The van der Waals surface area contributed by atoms with E-state index in [1.807, 2.05) is 0 Å². The zero-order valence-corrected chi connectivity index (χ0v) is 9.93. The largest absolute Gasteiger partial charge is 0.466 e. The first kappa shape index (κ1) is 13.2. The second-order valence-electron chi connectivity index (χ2n) is 3.23. The molecule has 0 amide bonds. The summed E-state index contributed by atoms with van der Waals surface area (Å²) in [6.07, 6.45) is 0. The van der Waals surface area contributed by atoms with E-state index in [1.54, 1.807) is 30.3 Å². The van der Waals surface area contributed by atoms with E-state index in [2.05, 4.69) is 9.47 Å². The van der Waals surface area contributed by atoms with E-state index in [-0.39, 0.29) is 0 Å². The van der Waals surface area contributed by atoms with E-state index in [9.17, 15) is 9.59 Å². The molecule has 0 radical (unpaired) electrons. The minimum absolute atomic E-state index is 0.362. The SMILES string of the molecule is COC(=O)C(OC)(C(=O)OC)c1ccccc1. The molecule has 17 heavy (non-hydrogen) atoms. The van der Waals surface area contributed by atoms with Crippen molar-refractivity contribution in [1.82, 2.24) is 0 Å². The van der Waals surface area contributed by atoms with Gasteiger partial charge in [0.15, 0.2) is 0 Å². The zero-order valence-electron chi connectivity index (χ0n) is 9.93. The number of hydrogen-bond donors (Lipinski definition) is 0. The molecule has 0 aliphatic rings. The van der Waals surface area contributed by atoms with Gasteiger partial charge >= 0.3 is 11.9 Å². The third-order valence-corrected chi connectivity index (χ3v) is 2.43. The molecule has 0 fully saturated rings. The summed E-state index contributed by atoms with van der Waals surface area (Å²) >= 11 is 0. The average molecular weight is 238 g/mol. The Morgan fingerprint density at radius 2 is 1.41 bits per heavy atom. The molecule has 92 valence electrons. The maximum Gasteiger partial charge on any atom is 0.354 e. The van der Waals surface area contributed by atoms with Crippen LogP contribution in [0, 0.1) is 0 Å². The van der Waals surface area contributed by atoms with Crippen LogP contribution < -0.4 is 0 Å². The van der Waals surface area contributed by atoms with Gasteiger partial charge < -0.3 is 14.2 Å². The lowest BCUT2D eigenvalue weighted by Crippen LogP contribution is -2.47. The molecule has 5 nitrogen and oxygen atoms in total. The van der Waals surface area contributed by atoms with Crippen LogP contribution >= 0.6 is 0 Å². The molecular weight excluding hydrogens is 224 g/mol. The molecule has 0 atom stereocenters. The van der Waals surface area contributed by atoms with Gasteiger partial charge in [-0.1, -0.05) is 30.3 Å². The number of ether oxygens (including phenoxy) is 3. The van der Waals surface area contributed by atoms with Crippen molar-refractivity contribution in [1.29, 1.82) is 0 Å². The third kappa shape index (κ3) is 2.14. The van der Waals surface area contributed by atoms with Gasteiger partial charge in [-0.05, 0) is 0 Å². The van der Waals surface area contributed by atoms with Crippen LogP contribution in [0.25, 0.3) is 0 Å². The minimum atomic E-state index is -1.87. The molecule has 0 spiro atoms. The molecule has 1 aromatic carbocycles.